The van der Waals surface area contributed by atoms with Gasteiger partial charge in [-0.3, -0.25) is 4.79 Å². The molecule has 1 heterocycles. The average Bonchev–Trinajstić information content (AvgIpc) is 2.00. The number of carbonyl (C=O) groups excluding carboxylic acids is 1. The van der Waals surface area contributed by atoms with E-state index < -0.39 is 6.04 Å². The lowest BCUT2D eigenvalue weighted by atomic mass is 9.97. The molecule has 1 aliphatic rings. The van der Waals surface area contributed by atoms with Crippen molar-refractivity contribution in [1.82, 2.24) is 5.32 Å². The predicted molar refractivity (Wildman–Crippen MR) is 36.6 cm³/mol. The number of rotatable bonds is 3. The van der Waals surface area contributed by atoms with Gasteiger partial charge in [-0.05, 0) is 12.0 Å². The van der Waals surface area contributed by atoms with Gasteiger partial charge in [-0.15, -0.1) is 0 Å². The van der Waals surface area contributed by atoms with E-state index in [1.54, 1.807) is 0 Å². The average molecular weight is 156 g/mol. The third kappa shape index (κ3) is 1.42. The Bertz CT molecular complexity index is 209. The van der Waals surface area contributed by atoms with Gasteiger partial charge >= 0.3 is 0 Å². The fourth-order valence-corrected chi connectivity index (χ4v) is 0.991. The second kappa shape index (κ2) is 3.23. The molecule has 60 valence electrons. The van der Waals surface area contributed by atoms with E-state index in [0.29, 0.717) is 6.42 Å². The van der Waals surface area contributed by atoms with Crippen molar-refractivity contribution in [2.45, 2.75) is 18.5 Å². The van der Waals surface area contributed by atoms with Gasteiger partial charge in [-0.1, -0.05) is 5.11 Å². The Hall–Kier alpha value is -1.26. The Labute approximate surface area is 62.8 Å². The quantitative estimate of drug-likeness (QED) is 0.250. The summed E-state index contributed by atoms with van der Waals surface area (Å²) in [6, 6.07) is -0.796. The number of β-lactam (4-membered cyclic amide) rings is 1. The van der Waals surface area contributed by atoms with Gasteiger partial charge in [0.1, 0.15) is 6.04 Å². The number of azide groups is 1. The highest BCUT2D eigenvalue weighted by atomic mass is 16.3. The van der Waals surface area contributed by atoms with Crippen LogP contribution in [0.2, 0.25) is 0 Å². The van der Waals surface area contributed by atoms with Gasteiger partial charge in [0.05, 0.1) is 0 Å². The zero-order chi connectivity index (χ0) is 8.27. The molecule has 1 rings (SSSR count). The summed E-state index contributed by atoms with van der Waals surface area (Å²) in [6.45, 7) is -0.0115. The highest BCUT2D eigenvalue weighted by Crippen LogP contribution is 2.13. The van der Waals surface area contributed by atoms with Crippen LogP contribution in [0.1, 0.15) is 6.42 Å². The number of hydrogen-bond acceptors (Lipinski definition) is 3. The monoisotopic (exact) mass is 156 g/mol. The molecule has 0 aromatic carbocycles. The van der Waals surface area contributed by atoms with Crippen molar-refractivity contribution in [2.75, 3.05) is 6.61 Å². The standard InChI is InChI=1S/C5H8N4O2/c6-9-8-4-3(1-2-10)7-5(4)11/h3-4,10H,1-2H2,(H,7,11). The largest absolute Gasteiger partial charge is 0.396 e. The van der Waals surface area contributed by atoms with Crippen molar-refractivity contribution in [2.24, 2.45) is 5.11 Å². The lowest BCUT2D eigenvalue weighted by Crippen LogP contribution is -2.61. The summed E-state index contributed by atoms with van der Waals surface area (Å²) in [5.41, 5.74) is 8.02. The van der Waals surface area contributed by atoms with Crippen molar-refractivity contribution in [3.8, 4) is 0 Å². The van der Waals surface area contributed by atoms with Crippen LogP contribution in [0.3, 0.4) is 0 Å². The van der Waals surface area contributed by atoms with Crippen LogP contribution >= 0.6 is 0 Å². The second-order valence-electron chi connectivity index (χ2n) is 2.28. The summed E-state index contributed by atoms with van der Waals surface area (Å²) in [5, 5.41) is 14.3. The van der Waals surface area contributed by atoms with Crippen molar-refractivity contribution >= 4 is 5.91 Å². The van der Waals surface area contributed by atoms with Crippen molar-refractivity contribution in [1.29, 1.82) is 0 Å². The van der Waals surface area contributed by atoms with E-state index in [1.165, 1.54) is 0 Å². The van der Waals surface area contributed by atoms with Crippen LogP contribution in [-0.4, -0.2) is 29.7 Å². The van der Waals surface area contributed by atoms with Gasteiger partial charge in [0.25, 0.3) is 0 Å². The van der Waals surface area contributed by atoms with Gasteiger partial charge in [0.15, 0.2) is 0 Å². The number of nitrogens with one attached hydrogen (secondary N) is 1. The van der Waals surface area contributed by atoms with Crippen LogP contribution in [0.15, 0.2) is 5.11 Å². The molecule has 6 nitrogen and oxygen atoms in total. The molecule has 11 heavy (non-hydrogen) atoms. The molecule has 1 amide bonds. The van der Waals surface area contributed by atoms with E-state index in [1.807, 2.05) is 0 Å². The van der Waals surface area contributed by atoms with Gasteiger partial charge in [-0.2, -0.15) is 0 Å². The third-order valence-corrected chi connectivity index (χ3v) is 1.59. The second-order valence-corrected chi connectivity index (χ2v) is 2.28. The molecule has 1 fully saturated rings. The van der Waals surface area contributed by atoms with E-state index in [9.17, 15) is 4.79 Å². The van der Waals surface area contributed by atoms with E-state index in [2.05, 4.69) is 15.3 Å². The fraction of sp³-hybridized carbons (Fsp3) is 0.800. The van der Waals surface area contributed by atoms with Crippen LogP contribution in [0.4, 0.5) is 0 Å². The number of aliphatic hydroxyl groups excluding tert-OH is 1. The minimum atomic E-state index is -0.618. The molecule has 6 heteroatoms. The first-order valence-corrected chi connectivity index (χ1v) is 3.25. The van der Waals surface area contributed by atoms with Crippen LogP contribution in [0.25, 0.3) is 10.4 Å². The Morgan fingerprint density at radius 1 is 1.82 bits per heavy atom. The van der Waals surface area contributed by atoms with Crippen LogP contribution in [0, 0.1) is 0 Å². The molecule has 0 bridgehead atoms. The number of amides is 1. The Morgan fingerprint density at radius 2 is 2.55 bits per heavy atom. The minimum absolute atomic E-state index is 0.0115. The summed E-state index contributed by atoms with van der Waals surface area (Å²) >= 11 is 0. The fourth-order valence-electron chi connectivity index (χ4n) is 0.991. The number of hydrogen-bond donors (Lipinski definition) is 2. The smallest absolute Gasteiger partial charge is 0.231 e. The zero-order valence-electron chi connectivity index (χ0n) is 5.77. The summed E-state index contributed by atoms with van der Waals surface area (Å²) in [4.78, 5) is 13.2. The van der Waals surface area contributed by atoms with Crippen LogP contribution in [0.5, 0.6) is 0 Å². The highest BCUT2D eigenvalue weighted by molar-refractivity contribution is 5.89. The number of nitrogens with zero attached hydrogens (tertiary/aromatic N) is 3. The lowest BCUT2D eigenvalue weighted by molar-refractivity contribution is -0.130. The molecule has 0 radical (unpaired) electrons. The normalized spacial score (nSPS) is 28.3. The maximum absolute atomic E-state index is 10.6. The molecule has 0 saturated carbocycles. The SMILES string of the molecule is [N-]=[N+]=NC1C(=O)NC1CCO. The molecule has 0 spiro atoms. The summed E-state index contributed by atoms with van der Waals surface area (Å²) in [5.74, 6) is -0.263. The van der Waals surface area contributed by atoms with Crippen molar-refractivity contribution in [3.63, 3.8) is 0 Å². The van der Waals surface area contributed by atoms with Gasteiger partial charge in [-0.25, -0.2) is 0 Å². The zero-order valence-corrected chi connectivity index (χ0v) is 5.77. The molecule has 0 aromatic rings. The van der Waals surface area contributed by atoms with Gasteiger partial charge in [0, 0.05) is 17.6 Å². The summed E-state index contributed by atoms with van der Waals surface area (Å²) < 4.78 is 0. The number of carbonyl (C=O) groups is 1. The third-order valence-electron chi connectivity index (χ3n) is 1.59. The minimum Gasteiger partial charge on any atom is -0.396 e. The Morgan fingerprint density at radius 3 is 3.00 bits per heavy atom. The Kier molecular flexibility index (Phi) is 2.30. The molecule has 0 aliphatic carbocycles. The first kappa shape index (κ1) is 7.84. The maximum Gasteiger partial charge on any atom is 0.231 e. The number of aliphatic hydroxyl groups is 1. The van der Waals surface area contributed by atoms with E-state index in [-0.39, 0.29) is 18.6 Å². The molecule has 1 aliphatic heterocycles. The van der Waals surface area contributed by atoms with Crippen LogP contribution in [-0.2, 0) is 4.79 Å². The topological polar surface area (TPSA) is 98.1 Å². The molecular formula is C5H8N4O2. The predicted octanol–water partition coefficient (Wildman–Crippen LogP) is -0.454. The van der Waals surface area contributed by atoms with Crippen LogP contribution < -0.4 is 5.32 Å². The first-order chi connectivity index (χ1) is 5.29. The van der Waals surface area contributed by atoms with E-state index >= 15 is 0 Å². The van der Waals surface area contributed by atoms with E-state index in [0.717, 1.165) is 0 Å². The summed E-state index contributed by atoms with van der Waals surface area (Å²) in [6.07, 6.45) is 0.440. The van der Waals surface area contributed by atoms with Crippen molar-refractivity contribution in [3.05, 3.63) is 10.4 Å². The molecule has 1 saturated heterocycles. The van der Waals surface area contributed by atoms with E-state index in [4.69, 9.17) is 10.6 Å². The maximum atomic E-state index is 10.6. The first-order valence-electron chi connectivity index (χ1n) is 3.25. The highest BCUT2D eigenvalue weighted by Gasteiger charge is 2.37. The summed E-state index contributed by atoms with van der Waals surface area (Å²) in [7, 11) is 0. The molecule has 2 N–H and O–H groups in total. The molecule has 2 atom stereocenters. The molecular weight excluding hydrogens is 148 g/mol. The lowest BCUT2D eigenvalue weighted by Gasteiger charge is -2.32. The van der Waals surface area contributed by atoms with Gasteiger partial charge < -0.3 is 10.4 Å². The Balaban J connectivity index is 2.47. The molecule has 0 aromatic heterocycles. The molecule has 2 unspecified atom stereocenters. The van der Waals surface area contributed by atoms with Gasteiger partial charge in [0.2, 0.25) is 5.91 Å². The van der Waals surface area contributed by atoms with Crippen molar-refractivity contribution < 1.29 is 9.90 Å².